The lowest BCUT2D eigenvalue weighted by atomic mass is 10.0. The molecule has 6 heteroatoms. The molecule has 1 atom stereocenters. The normalized spacial score (nSPS) is 11.9. The summed E-state index contributed by atoms with van der Waals surface area (Å²) in [5.74, 6) is -0.00854. The molecule has 0 aromatic heterocycles. The van der Waals surface area contributed by atoms with Crippen LogP contribution in [0.1, 0.15) is 285 Å². The van der Waals surface area contributed by atoms with Crippen molar-refractivity contribution in [3.05, 3.63) is 0 Å². The van der Waals surface area contributed by atoms with Gasteiger partial charge in [-0.05, 0) is 25.2 Å². The van der Waals surface area contributed by atoms with E-state index in [0.717, 1.165) is 63.7 Å². The third-order valence-electron chi connectivity index (χ3n) is 11.5. The van der Waals surface area contributed by atoms with Gasteiger partial charge in [-0.3, -0.25) is 14.4 Å². The van der Waals surface area contributed by atoms with Crippen LogP contribution in [0.3, 0.4) is 0 Å². The summed E-state index contributed by atoms with van der Waals surface area (Å²) >= 11 is 0. The van der Waals surface area contributed by atoms with Crippen LogP contribution in [0, 0.1) is 5.92 Å². The first-order chi connectivity index (χ1) is 27.9. The van der Waals surface area contributed by atoms with E-state index in [1.54, 1.807) is 0 Å². The molecular weight excluding hydrogens is 709 g/mol. The Labute approximate surface area is 355 Å². The lowest BCUT2D eigenvalue weighted by molar-refractivity contribution is -0.167. The molecule has 0 amide bonds. The van der Waals surface area contributed by atoms with Gasteiger partial charge in [0.05, 0.1) is 0 Å². The summed E-state index contributed by atoms with van der Waals surface area (Å²) in [5.41, 5.74) is 0. The highest BCUT2D eigenvalue weighted by Crippen LogP contribution is 2.17. The molecule has 0 aromatic rings. The van der Waals surface area contributed by atoms with E-state index in [1.165, 1.54) is 180 Å². The summed E-state index contributed by atoms with van der Waals surface area (Å²) < 4.78 is 16.7. The van der Waals surface area contributed by atoms with Gasteiger partial charge < -0.3 is 14.2 Å². The van der Waals surface area contributed by atoms with E-state index in [0.29, 0.717) is 19.3 Å². The van der Waals surface area contributed by atoms with Gasteiger partial charge in [0.2, 0.25) is 0 Å². The zero-order chi connectivity index (χ0) is 41.7. The standard InChI is InChI=1S/C51H98O6/c1-5-7-9-11-13-14-15-16-17-21-24-27-31-35-39-43-50(53)56-46-48(45-55-49(52)42-38-34-29-12-10-8-6-2)57-51(54)44-40-36-32-28-25-22-19-18-20-23-26-30-33-37-41-47(3)4/h47-48H,5-46H2,1-4H3/t48-/m0/s1. The van der Waals surface area contributed by atoms with Crippen molar-refractivity contribution in [3.8, 4) is 0 Å². The van der Waals surface area contributed by atoms with Crippen molar-refractivity contribution in [1.82, 2.24) is 0 Å². The lowest BCUT2D eigenvalue weighted by Gasteiger charge is -2.18. The molecule has 0 aliphatic rings. The van der Waals surface area contributed by atoms with Crippen LogP contribution in [0.4, 0.5) is 0 Å². The van der Waals surface area contributed by atoms with Gasteiger partial charge >= 0.3 is 17.9 Å². The van der Waals surface area contributed by atoms with Crippen molar-refractivity contribution in [3.63, 3.8) is 0 Å². The fraction of sp³-hybridized carbons (Fsp3) is 0.941. The number of carbonyl (C=O) groups excluding carboxylic acids is 3. The van der Waals surface area contributed by atoms with Gasteiger partial charge in [0.25, 0.3) is 0 Å². The van der Waals surface area contributed by atoms with Gasteiger partial charge in [-0.1, -0.05) is 246 Å². The number of ether oxygens (including phenoxy) is 3. The Kier molecular flexibility index (Phi) is 44.2. The average Bonchev–Trinajstić information content (AvgIpc) is 3.19. The third-order valence-corrected chi connectivity index (χ3v) is 11.5. The van der Waals surface area contributed by atoms with Gasteiger partial charge in [-0.15, -0.1) is 0 Å². The molecule has 0 radical (unpaired) electrons. The van der Waals surface area contributed by atoms with Crippen LogP contribution in [0.2, 0.25) is 0 Å². The first-order valence-corrected chi connectivity index (χ1v) is 25.4. The summed E-state index contributed by atoms with van der Waals surface area (Å²) in [7, 11) is 0. The molecule has 0 aliphatic carbocycles. The van der Waals surface area contributed by atoms with Gasteiger partial charge in [0.1, 0.15) is 13.2 Å². The Morgan fingerprint density at radius 3 is 0.860 bits per heavy atom. The predicted molar refractivity (Wildman–Crippen MR) is 243 cm³/mol. The second-order valence-electron chi connectivity index (χ2n) is 17.9. The highest BCUT2D eigenvalue weighted by atomic mass is 16.6. The Balaban J connectivity index is 4.20. The fourth-order valence-corrected chi connectivity index (χ4v) is 7.69. The summed E-state index contributed by atoms with van der Waals surface area (Å²) in [4.78, 5) is 37.7. The number of hydrogen-bond donors (Lipinski definition) is 0. The maximum atomic E-state index is 12.7. The number of esters is 3. The Morgan fingerprint density at radius 2 is 0.579 bits per heavy atom. The maximum Gasteiger partial charge on any atom is 0.306 e. The maximum absolute atomic E-state index is 12.7. The fourth-order valence-electron chi connectivity index (χ4n) is 7.69. The van der Waals surface area contributed by atoms with E-state index in [9.17, 15) is 14.4 Å². The molecule has 0 spiro atoms. The quantitative estimate of drug-likeness (QED) is 0.0346. The molecule has 6 nitrogen and oxygen atoms in total. The molecule has 0 aliphatic heterocycles. The molecule has 57 heavy (non-hydrogen) atoms. The minimum absolute atomic E-state index is 0.0632. The van der Waals surface area contributed by atoms with Gasteiger partial charge in [-0.2, -0.15) is 0 Å². The number of rotatable bonds is 46. The molecule has 0 bridgehead atoms. The molecule has 0 N–H and O–H groups in total. The topological polar surface area (TPSA) is 78.9 Å². The Hall–Kier alpha value is -1.59. The first kappa shape index (κ1) is 55.4. The smallest absolute Gasteiger partial charge is 0.306 e. The van der Waals surface area contributed by atoms with Crippen LogP contribution in [0.5, 0.6) is 0 Å². The van der Waals surface area contributed by atoms with E-state index < -0.39 is 6.10 Å². The SMILES string of the molecule is CCCCCCCCCCCCCCCCCC(=O)OC[C@H](COC(=O)CCCCCCCCC)OC(=O)CCCCCCCCCCCCCCCCC(C)C. The molecule has 0 fully saturated rings. The van der Waals surface area contributed by atoms with E-state index in [4.69, 9.17) is 14.2 Å². The molecule has 0 saturated carbocycles. The predicted octanol–water partition coefficient (Wildman–Crippen LogP) is 16.3. The van der Waals surface area contributed by atoms with Crippen LogP contribution in [0.25, 0.3) is 0 Å². The van der Waals surface area contributed by atoms with Crippen molar-refractivity contribution < 1.29 is 28.6 Å². The van der Waals surface area contributed by atoms with Crippen molar-refractivity contribution in [2.24, 2.45) is 5.92 Å². The van der Waals surface area contributed by atoms with Crippen LogP contribution < -0.4 is 0 Å². The number of hydrogen-bond acceptors (Lipinski definition) is 6. The molecular formula is C51H98O6. The molecule has 338 valence electrons. The second-order valence-corrected chi connectivity index (χ2v) is 17.9. The third kappa shape index (κ3) is 45.3. The molecule has 0 aromatic carbocycles. The first-order valence-electron chi connectivity index (χ1n) is 25.4. The van der Waals surface area contributed by atoms with E-state index in [-0.39, 0.29) is 31.1 Å². The monoisotopic (exact) mass is 807 g/mol. The largest absolute Gasteiger partial charge is 0.462 e. The highest BCUT2D eigenvalue weighted by molar-refractivity contribution is 5.71. The number of carbonyl (C=O) groups is 3. The minimum atomic E-state index is -0.759. The molecule has 0 rings (SSSR count). The Bertz CT molecular complexity index is 857. The van der Waals surface area contributed by atoms with Crippen molar-refractivity contribution >= 4 is 17.9 Å². The highest BCUT2D eigenvalue weighted by Gasteiger charge is 2.19. The van der Waals surface area contributed by atoms with Gasteiger partial charge in [-0.25, -0.2) is 0 Å². The van der Waals surface area contributed by atoms with Gasteiger partial charge in [0.15, 0.2) is 6.10 Å². The Morgan fingerprint density at radius 1 is 0.333 bits per heavy atom. The van der Waals surface area contributed by atoms with Crippen LogP contribution >= 0.6 is 0 Å². The zero-order valence-corrected chi connectivity index (χ0v) is 38.8. The molecule has 0 heterocycles. The van der Waals surface area contributed by atoms with Crippen molar-refractivity contribution in [1.29, 1.82) is 0 Å². The molecule has 0 saturated heterocycles. The summed E-state index contributed by atoms with van der Waals surface area (Å²) in [5, 5.41) is 0. The number of unbranched alkanes of at least 4 members (excludes halogenated alkanes) is 33. The second kappa shape index (κ2) is 45.5. The average molecular weight is 807 g/mol. The summed E-state index contributed by atoms with van der Waals surface area (Å²) in [6.45, 7) is 9.00. The van der Waals surface area contributed by atoms with Gasteiger partial charge in [0, 0.05) is 19.3 Å². The van der Waals surface area contributed by atoms with Crippen LogP contribution in [-0.4, -0.2) is 37.2 Å². The van der Waals surface area contributed by atoms with Crippen LogP contribution in [0.15, 0.2) is 0 Å². The molecule has 0 unspecified atom stereocenters. The van der Waals surface area contributed by atoms with Crippen molar-refractivity contribution in [2.45, 2.75) is 291 Å². The lowest BCUT2D eigenvalue weighted by Crippen LogP contribution is -2.30. The minimum Gasteiger partial charge on any atom is -0.462 e. The summed E-state index contributed by atoms with van der Waals surface area (Å²) in [6, 6.07) is 0. The van der Waals surface area contributed by atoms with E-state index in [1.807, 2.05) is 0 Å². The van der Waals surface area contributed by atoms with E-state index in [2.05, 4.69) is 27.7 Å². The summed E-state index contributed by atoms with van der Waals surface area (Å²) in [6.07, 6.45) is 46.7. The van der Waals surface area contributed by atoms with E-state index >= 15 is 0 Å². The van der Waals surface area contributed by atoms with Crippen LogP contribution in [-0.2, 0) is 28.6 Å². The zero-order valence-electron chi connectivity index (χ0n) is 38.8. The van der Waals surface area contributed by atoms with Crippen molar-refractivity contribution in [2.75, 3.05) is 13.2 Å².